The number of hydrogen-bond acceptors (Lipinski definition) is 5. The molecule has 0 radical (unpaired) electrons. The molecular weight excluding hydrogens is 536 g/mol. The molecule has 9 aromatic rings. The maximum absolute atomic E-state index is 6.24. The first-order chi connectivity index (χ1) is 20.8. The van der Waals surface area contributed by atoms with E-state index in [0.717, 1.165) is 55.7 Å². The van der Waals surface area contributed by atoms with Gasteiger partial charge in [-0.15, -0.1) is 11.3 Å². The van der Waals surface area contributed by atoms with Crippen LogP contribution in [0.15, 0.2) is 142 Å². The number of anilines is 3. The first-order valence-electron chi connectivity index (χ1n) is 13.9. The lowest BCUT2D eigenvalue weighted by molar-refractivity contribution is 0.620. The third-order valence-electron chi connectivity index (χ3n) is 7.88. The molecule has 0 bridgehead atoms. The van der Waals surface area contributed by atoms with Crippen LogP contribution in [0.25, 0.3) is 64.7 Å². The van der Waals surface area contributed by atoms with Crippen LogP contribution in [0, 0.1) is 0 Å². The van der Waals surface area contributed by atoms with E-state index >= 15 is 0 Å². The molecule has 198 valence electrons. The van der Waals surface area contributed by atoms with E-state index in [1.54, 1.807) is 11.3 Å². The Balaban J connectivity index is 1.26. The van der Waals surface area contributed by atoms with Crippen molar-refractivity contribution in [2.75, 3.05) is 4.90 Å². The van der Waals surface area contributed by atoms with Gasteiger partial charge in [-0.1, -0.05) is 66.7 Å². The standard InChI is InChI=1S/C37H22N2O2S/c1-3-10-23(11-4-1)37-38-30-22-35-29(21-34(30)41-37)27-15-9-16-31(36(27)42-35)39(24-12-5-2-6-13-24)25-18-19-33-28(20-25)26-14-7-8-17-32(26)40-33/h1-22H. The maximum atomic E-state index is 6.24. The molecule has 0 saturated carbocycles. The summed E-state index contributed by atoms with van der Waals surface area (Å²) in [5, 5.41) is 4.59. The van der Waals surface area contributed by atoms with E-state index in [2.05, 4.69) is 95.9 Å². The fourth-order valence-electron chi connectivity index (χ4n) is 5.94. The van der Waals surface area contributed by atoms with Crippen molar-refractivity contribution in [1.29, 1.82) is 0 Å². The van der Waals surface area contributed by atoms with Crippen LogP contribution in [0.4, 0.5) is 17.1 Å². The van der Waals surface area contributed by atoms with Gasteiger partial charge in [0.15, 0.2) is 5.58 Å². The monoisotopic (exact) mass is 558 g/mol. The molecule has 0 atom stereocenters. The largest absolute Gasteiger partial charge is 0.456 e. The molecule has 0 aliphatic heterocycles. The molecule has 0 fully saturated rings. The van der Waals surface area contributed by atoms with Gasteiger partial charge in [0, 0.05) is 43.2 Å². The number of para-hydroxylation sites is 2. The summed E-state index contributed by atoms with van der Waals surface area (Å²) in [4.78, 5) is 7.17. The van der Waals surface area contributed by atoms with Crippen molar-refractivity contribution in [3.63, 3.8) is 0 Å². The van der Waals surface area contributed by atoms with Crippen LogP contribution in [0.3, 0.4) is 0 Å². The Bertz CT molecular complexity index is 2420. The maximum Gasteiger partial charge on any atom is 0.227 e. The number of hydrogen-bond donors (Lipinski definition) is 0. The van der Waals surface area contributed by atoms with Gasteiger partial charge >= 0.3 is 0 Å². The van der Waals surface area contributed by atoms with E-state index in [4.69, 9.17) is 13.8 Å². The number of thiophene rings is 1. The number of furan rings is 1. The summed E-state index contributed by atoms with van der Waals surface area (Å²) in [6.45, 7) is 0. The van der Waals surface area contributed by atoms with Crippen LogP contribution in [0.2, 0.25) is 0 Å². The Hall–Kier alpha value is -5.39. The molecule has 0 spiro atoms. The Morgan fingerprint density at radius 1 is 0.524 bits per heavy atom. The van der Waals surface area contributed by atoms with Crippen molar-refractivity contribution in [1.82, 2.24) is 4.98 Å². The normalized spacial score (nSPS) is 11.8. The second kappa shape index (κ2) is 9.06. The summed E-state index contributed by atoms with van der Waals surface area (Å²) in [6, 6.07) is 46.1. The highest BCUT2D eigenvalue weighted by Gasteiger charge is 2.20. The molecule has 42 heavy (non-hydrogen) atoms. The average Bonchev–Trinajstić information content (AvgIpc) is 3.74. The van der Waals surface area contributed by atoms with Crippen LogP contribution in [0.5, 0.6) is 0 Å². The minimum atomic E-state index is 0.644. The van der Waals surface area contributed by atoms with E-state index in [9.17, 15) is 0 Å². The van der Waals surface area contributed by atoms with Gasteiger partial charge in [-0.05, 0) is 66.7 Å². The molecule has 6 aromatic carbocycles. The topological polar surface area (TPSA) is 42.4 Å². The van der Waals surface area contributed by atoms with Gasteiger partial charge in [0.2, 0.25) is 5.89 Å². The number of oxazole rings is 1. The van der Waals surface area contributed by atoms with E-state index in [1.807, 2.05) is 42.5 Å². The van der Waals surface area contributed by atoms with E-state index in [-0.39, 0.29) is 0 Å². The third kappa shape index (κ3) is 3.57. The predicted molar refractivity (Wildman–Crippen MR) is 174 cm³/mol. The Morgan fingerprint density at radius 3 is 2.17 bits per heavy atom. The molecular formula is C37H22N2O2S. The van der Waals surface area contributed by atoms with Crippen LogP contribution in [-0.4, -0.2) is 4.98 Å². The van der Waals surface area contributed by atoms with Crippen LogP contribution in [-0.2, 0) is 0 Å². The number of rotatable bonds is 4. The Labute approximate surface area is 244 Å². The highest BCUT2D eigenvalue weighted by molar-refractivity contribution is 7.26. The van der Waals surface area contributed by atoms with Crippen LogP contribution in [0.1, 0.15) is 0 Å². The summed E-state index contributed by atoms with van der Waals surface area (Å²) >= 11 is 1.79. The lowest BCUT2D eigenvalue weighted by Gasteiger charge is -2.26. The Kier molecular flexibility index (Phi) is 5.03. The second-order valence-corrected chi connectivity index (χ2v) is 11.5. The quantitative estimate of drug-likeness (QED) is 0.215. The van der Waals surface area contributed by atoms with E-state index < -0.39 is 0 Å². The fourth-order valence-corrected chi connectivity index (χ4v) is 7.16. The fraction of sp³-hybridized carbons (Fsp3) is 0. The van der Waals surface area contributed by atoms with E-state index in [0.29, 0.717) is 5.89 Å². The van der Waals surface area contributed by atoms with Crippen LogP contribution >= 0.6 is 11.3 Å². The van der Waals surface area contributed by atoms with Crippen molar-refractivity contribution < 1.29 is 8.83 Å². The smallest absolute Gasteiger partial charge is 0.227 e. The zero-order valence-electron chi connectivity index (χ0n) is 22.3. The molecule has 0 aliphatic carbocycles. The van der Waals surface area contributed by atoms with Crippen molar-refractivity contribution >= 4 is 81.6 Å². The first kappa shape index (κ1) is 23.3. The molecule has 0 N–H and O–H groups in total. The molecule has 4 nitrogen and oxygen atoms in total. The van der Waals surface area contributed by atoms with Gasteiger partial charge in [-0.2, -0.15) is 0 Å². The SMILES string of the molecule is c1ccc(-c2nc3cc4sc5c(N(c6ccccc6)c6ccc7oc8ccccc8c7c6)cccc5c4cc3o2)cc1. The van der Waals surface area contributed by atoms with E-state index in [1.165, 1.54) is 20.2 Å². The number of benzene rings is 6. The average molecular weight is 559 g/mol. The Morgan fingerprint density at radius 2 is 1.29 bits per heavy atom. The minimum Gasteiger partial charge on any atom is -0.456 e. The van der Waals surface area contributed by atoms with Gasteiger partial charge in [0.1, 0.15) is 16.7 Å². The minimum absolute atomic E-state index is 0.644. The summed E-state index contributed by atoms with van der Waals surface area (Å²) in [6.07, 6.45) is 0. The summed E-state index contributed by atoms with van der Waals surface area (Å²) in [7, 11) is 0. The number of fused-ring (bicyclic) bond motifs is 7. The zero-order valence-corrected chi connectivity index (χ0v) is 23.1. The van der Waals surface area contributed by atoms with Crippen molar-refractivity contribution in [3.8, 4) is 11.5 Å². The van der Waals surface area contributed by atoms with Gasteiger partial charge in [-0.3, -0.25) is 0 Å². The molecule has 3 aromatic heterocycles. The molecule has 0 saturated heterocycles. The molecule has 0 aliphatic rings. The van der Waals surface area contributed by atoms with Crippen molar-refractivity contribution in [3.05, 3.63) is 133 Å². The van der Waals surface area contributed by atoms with Gasteiger partial charge in [-0.25, -0.2) is 4.98 Å². The lowest BCUT2D eigenvalue weighted by Crippen LogP contribution is -2.09. The van der Waals surface area contributed by atoms with Gasteiger partial charge in [0.25, 0.3) is 0 Å². The second-order valence-electron chi connectivity index (χ2n) is 10.4. The van der Waals surface area contributed by atoms with Gasteiger partial charge < -0.3 is 13.7 Å². The van der Waals surface area contributed by atoms with Crippen molar-refractivity contribution in [2.45, 2.75) is 0 Å². The van der Waals surface area contributed by atoms with Gasteiger partial charge in [0.05, 0.1) is 10.4 Å². The number of aromatic nitrogens is 1. The molecule has 0 unspecified atom stereocenters. The third-order valence-corrected chi connectivity index (χ3v) is 9.07. The number of nitrogens with zero attached hydrogens (tertiary/aromatic N) is 2. The predicted octanol–water partition coefficient (Wildman–Crippen LogP) is 11.2. The molecule has 5 heteroatoms. The van der Waals surface area contributed by atoms with Crippen molar-refractivity contribution in [2.24, 2.45) is 0 Å². The molecule has 3 heterocycles. The molecule has 0 amide bonds. The summed E-state index contributed by atoms with van der Waals surface area (Å²) in [5.41, 5.74) is 7.72. The first-order valence-corrected chi connectivity index (χ1v) is 14.7. The zero-order chi connectivity index (χ0) is 27.6. The molecule has 9 rings (SSSR count). The highest BCUT2D eigenvalue weighted by Crippen LogP contribution is 2.46. The summed E-state index contributed by atoms with van der Waals surface area (Å²) < 4.78 is 14.8. The lowest BCUT2D eigenvalue weighted by atomic mass is 10.1. The van der Waals surface area contributed by atoms with Crippen LogP contribution < -0.4 is 4.90 Å². The summed E-state index contributed by atoms with van der Waals surface area (Å²) in [5.74, 6) is 0.644. The highest BCUT2D eigenvalue weighted by atomic mass is 32.1.